The predicted octanol–water partition coefficient (Wildman–Crippen LogP) is 4.43. The molecule has 0 saturated carbocycles. The van der Waals surface area contributed by atoms with Crippen LogP contribution in [-0.2, 0) is 11.3 Å². The molecular weight excluding hydrogens is 320 g/mol. The van der Waals surface area contributed by atoms with E-state index in [0.29, 0.717) is 0 Å². The van der Waals surface area contributed by atoms with Crippen molar-refractivity contribution in [2.45, 2.75) is 6.54 Å². The molecule has 4 rings (SSSR count). The summed E-state index contributed by atoms with van der Waals surface area (Å²) in [6.07, 6.45) is 3.90. The first-order valence-electron chi connectivity index (χ1n) is 8.61. The van der Waals surface area contributed by atoms with Gasteiger partial charge in [0.05, 0.1) is 0 Å². The van der Waals surface area contributed by atoms with E-state index in [0.717, 1.165) is 27.6 Å². The summed E-state index contributed by atoms with van der Waals surface area (Å²) in [7, 11) is 0. The van der Waals surface area contributed by atoms with Gasteiger partial charge in [0, 0.05) is 17.3 Å². The molecule has 0 atom stereocenters. The van der Waals surface area contributed by atoms with Crippen molar-refractivity contribution in [3.05, 3.63) is 97.3 Å². The van der Waals surface area contributed by atoms with Gasteiger partial charge >= 0.3 is 0 Å². The molecule has 1 aromatic heterocycles. The maximum atomic E-state index is 12.4. The number of rotatable bonds is 4. The van der Waals surface area contributed by atoms with E-state index in [9.17, 15) is 4.79 Å². The van der Waals surface area contributed by atoms with Crippen LogP contribution < -0.4 is 9.88 Å². The first-order valence-corrected chi connectivity index (χ1v) is 8.61. The van der Waals surface area contributed by atoms with Crippen molar-refractivity contribution in [3.8, 4) is 11.1 Å². The lowest BCUT2D eigenvalue weighted by atomic mass is 10.1. The monoisotopic (exact) mass is 339 g/mol. The molecule has 0 saturated heterocycles. The Morgan fingerprint density at radius 1 is 0.769 bits per heavy atom. The number of amides is 1. The second-order valence-electron chi connectivity index (χ2n) is 6.24. The largest absolute Gasteiger partial charge is 0.321 e. The lowest BCUT2D eigenvalue weighted by Crippen LogP contribution is -2.39. The van der Waals surface area contributed by atoms with Crippen molar-refractivity contribution in [1.82, 2.24) is 0 Å². The molecular formula is C23H19N2O+. The second-order valence-corrected chi connectivity index (χ2v) is 6.24. The number of carbonyl (C=O) groups excluding carboxylic acids is 1. The Bertz CT molecular complexity index is 1060. The highest BCUT2D eigenvalue weighted by atomic mass is 16.1. The van der Waals surface area contributed by atoms with E-state index < -0.39 is 0 Å². The van der Waals surface area contributed by atoms with E-state index in [1.165, 1.54) is 0 Å². The number of nitrogens with one attached hydrogen (secondary N) is 1. The van der Waals surface area contributed by atoms with Crippen LogP contribution in [0.15, 0.2) is 97.3 Å². The van der Waals surface area contributed by atoms with E-state index in [2.05, 4.69) is 23.5 Å². The minimum absolute atomic E-state index is 0.0458. The van der Waals surface area contributed by atoms with Gasteiger partial charge in [0.1, 0.15) is 0 Å². The SMILES string of the molecule is O=C(C[n+]1cccc(-c2ccccc2)c1)Nc1ccc2ccccc2c1. The Hall–Kier alpha value is -3.46. The van der Waals surface area contributed by atoms with Crippen LogP contribution in [0.5, 0.6) is 0 Å². The Morgan fingerprint density at radius 3 is 2.35 bits per heavy atom. The van der Waals surface area contributed by atoms with Crippen LogP contribution in [0.2, 0.25) is 0 Å². The van der Waals surface area contributed by atoms with Crippen LogP contribution in [0.25, 0.3) is 21.9 Å². The van der Waals surface area contributed by atoms with Crippen LogP contribution in [0, 0.1) is 0 Å². The lowest BCUT2D eigenvalue weighted by molar-refractivity contribution is -0.683. The molecule has 26 heavy (non-hydrogen) atoms. The van der Waals surface area contributed by atoms with Crippen molar-refractivity contribution in [2.75, 3.05) is 5.32 Å². The first-order chi connectivity index (χ1) is 12.8. The average molecular weight is 339 g/mol. The van der Waals surface area contributed by atoms with Crippen molar-refractivity contribution >= 4 is 22.4 Å². The van der Waals surface area contributed by atoms with E-state index >= 15 is 0 Å². The van der Waals surface area contributed by atoms with E-state index in [1.807, 2.05) is 83.7 Å². The molecule has 0 radical (unpaired) electrons. The molecule has 0 aliphatic heterocycles. The third-order valence-corrected chi connectivity index (χ3v) is 4.32. The number of anilines is 1. The zero-order valence-corrected chi connectivity index (χ0v) is 14.3. The summed E-state index contributed by atoms with van der Waals surface area (Å²) in [5.74, 6) is -0.0458. The van der Waals surface area contributed by atoms with Gasteiger partial charge in [0.15, 0.2) is 12.4 Å². The van der Waals surface area contributed by atoms with E-state index in [-0.39, 0.29) is 12.5 Å². The van der Waals surface area contributed by atoms with Crippen LogP contribution in [-0.4, -0.2) is 5.91 Å². The Kier molecular flexibility index (Phi) is 4.44. The smallest absolute Gasteiger partial charge is 0.290 e. The fourth-order valence-electron chi connectivity index (χ4n) is 3.06. The first kappa shape index (κ1) is 16.0. The lowest BCUT2D eigenvalue weighted by Gasteiger charge is -2.06. The molecule has 1 heterocycles. The average Bonchev–Trinajstić information content (AvgIpc) is 2.69. The zero-order chi connectivity index (χ0) is 17.8. The number of nitrogens with zero attached hydrogens (tertiary/aromatic N) is 1. The normalized spacial score (nSPS) is 10.6. The summed E-state index contributed by atoms with van der Waals surface area (Å²) in [5.41, 5.74) is 3.04. The molecule has 1 N–H and O–H groups in total. The minimum Gasteiger partial charge on any atom is -0.321 e. The molecule has 0 aliphatic rings. The highest BCUT2D eigenvalue weighted by Gasteiger charge is 2.11. The molecule has 0 spiro atoms. The van der Waals surface area contributed by atoms with Crippen LogP contribution in [0.3, 0.4) is 0 Å². The van der Waals surface area contributed by atoms with Crippen molar-refractivity contribution in [2.24, 2.45) is 0 Å². The van der Waals surface area contributed by atoms with Crippen LogP contribution >= 0.6 is 0 Å². The number of pyridine rings is 1. The standard InChI is InChI=1S/C23H18N2O/c26-23(24-22-13-12-19-9-4-5-10-20(19)15-22)17-25-14-6-11-21(16-25)18-7-2-1-3-8-18/h1-16H,17H2/p+1. The maximum absolute atomic E-state index is 12.4. The summed E-state index contributed by atoms with van der Waals surface area (Å²) >= 11 is 0. The number of hydrogen-bond acceptors (Lipinski definition) is 1. The minimum atomic E-state index is -0.0458. The molecule has 126 valence electrons. The molecule has 3 heteroatoms. The molecule has 3 nitrogen and oxygen atoms in total. The summed E-state index contributed by atoms with van der Waals surface area (Å²) < 4.78 is 1.90. The van der Waals surface area contributed by atoms with Gasteiger partial charge in [-0.05, 0) is 34.5 Å². The molecule has 4 aromatic rings. The molecule has 0 unspecified atom stereocenters. The quantitative estimate of drug-likeness (QED) is 0.548. The third-order valence-electron chi connectivity index (χ3n) is 4.32. The van der Waals surface area contributed by atoms with E-state index in [4.69, 9.17) is 0 Å². The molecule has 0 bridgehead atoms. The predicted molar refractivity (Wildman–Crippen MR) is 105 cm³/mol. The fraction of sp³-hybridized carbons (Fsp3) is 0.0435. The van der Waals surface area contributed by atoms with Crippen LogP contribution in [0.4, 0.5) is 5.69 Å². The molecule has 0 fully saturated rings. The van der Waals surface area contributed by atoms with Crippen molar-refractivity contribution < 1.29 is 9.36 Å². The Morgan fingerprint density at radius 2 is 1.50 bits per heavy atom. The van der Waals surface area contributed by atoms with Crippen molar-refractivity contribution in [3.63, 3.8) is 0 Å². The maximum Gasteiger partial charge on any atom is 0.290 e. The topological polar surface area (TPSA) is 33.0 Å². The van der Waals surface area contributed by atoms with Gasteiger partial charge in [-0.15, -0.1) is 0 Å². The molecule has 3 aromatic carbocycles. The highest BCUT2D eigenvalue weighted by molar-refractivity contribution is 5.93. The fourth-order valence-corrected chi connectivity index (χ4v) is 3.06. The van der Waals surface area contributed by atoms with Gasteiger partial charge in [-0.3, -0.25) is 4.79 Å². The second kappa shape index (κ2) is 7.19. The summed E-state index contributed by atoms with van der Waals surface area (Å²) in [6.45, 7) is 0.271. The molecule has 1 amide bonds. The van der Waals surface area contributed by atoms with Gasteiger partial charge in [-0.25, -0.2) is 0 Å². The summed E-state index contributed by atoms with van der Waals surface area (Å²) in [6, 6.07) is 28.2. The van der Waals surface area contributed by atoms with Crippen molar-refractivity contribution in [1.29, 1.82) is 0 Å². The number of aromatic nitrogens is 1. The number of carbonyl (C=O) groups is 1. The Balaban J connectivity index is 1.49. The number of hydrogen-bond donors (Lipinski definition) is 1. The number of benzene rings is 3. The molecule has 0 aliphatic carbocycles. The van der Waals surface area contributed by atoms with E-state index in [1.54, 1.807) is 0 Å². The third kappa shape index (κ3) is 3.62. The van der Waals surface area contributed by atoms with Crippen LogP contribution in [0.1, 0.15) is 0 Å². The number of fused-ring (bicyclic) bond motifs is 1. The van der Waals surface area contributed by atoms with Gasteiger partial charge in [0.2, 0.25) is 6.54 Å². The summed E-state index contributed by atoms with van der Waals surface area (Å²) in [4.78, 5) is 12.4. The van der Waals surface area contributed by atoms with Gasteiger partial charge in [0.25, 0.3) is 5.91 Å². The van der Waals surface area contributed by atoms with Gasteiger partial charge in [-0.2, -0.15) is 4.57 Å². The summed E-state index contributed by atoms with van der Waals surface area (Å²) in [5, 5.41) is 5.26. The highest BCUT2D eigenvalue weighted by Crippen LogP contribution is 2.19. The van der Waals surface area contributed by atoms with Gasteiger partial charge < -0.3 is 5.32 Å². The Labute approximate surface area is 152 Å². The zero-order valence-electron chi connectivity index (χ0n) is 14.3. The van der Waals surface area contributed by atoms with Gasteiger partial charge in [-0.1, -0.05) is 60.7 Å².